The first-order valence-corrected chi connectivity index (χ1v) is 10.7. The summed E-state index contributed by atoms with van der Waals surface area (Å²) >= 11 is 0. The van der Waals surface area contributed by atoms with Crippen LogP contribution >= 0.6 is 0 Å². The molecule has 0 aromatic heterocycles. The number of nitro groups is 1. The number of benzene rings is 3. The Kier molecular flexibility index (Phi) is 6.90. The molecule has 3 aromatic rings. The second-order valence-electron chi connectivity index (χ2n) is 6.35. The molecule has 0 fully saturated rings. The molecule has 0 unspecified atom stereocenters. The fraction of sp³-hybridized carbons (Fsp3) is 0.0952. The van der Waals surface area contributed by atoms with Crippen molar-refractivity contribution in [2.24, 2.45) is 0 Å². The summed E-state index contributed by atoms with van der Waals surface area (Å²) in [6.07, 6.45) is 0. The Morgan fingerprint density at radius 1 is 0.938 bits per heavy atom. The molecule has 0 aliphatic heterocycles. The summed E-state index contributed by atoms with van der Waals surface area (Å²) in [5.74, 6) is -0.386. The van der Waals surface area contributed by atoms with Gasteiger partial charge in [0, 0.05) is 6.07 Å². The molecule has 2 N–H and O–H groups in total. The third-order valence-electron chi connectivity index (χ3n) is 4.19. The van der Waals surface area contributed by atoms with Crippen molar-refractivity contribution in [3.05, 3.63) is 88.5 Å². The van der Waals surface area contributed by atoms with E-state index in [-0.39, 0.29) is 30.2 Å². The van der Waals surface area contributed by atoms with Crippen molar-refractivity contribution in [1.29, 1.82) is 0 Å². The number of aromatic carboxylic acids is 1. The monoisotopic (exact) mass is 458 g/mol. The van der Waals surface area contributed by atoms with Gasteiger partial charge < -0.3 is 14.6 Å². The van der Waals surface area contributed by atoms with Crippen LogP contribution in [0.4, 0.5) is 11.4 Å². The molecule has 10 nitrogen and oxygen atoms in total. The zero-order chi connectivity index (χ0) is 23.1. The molecule has 3 rings (SSSR count). The van der Waals surface area contributed by atoms with Crippen molar-refractivity contribution in [3.63, 3.8) is 0 Å². The molecule has 0 heterocycles. The van der Waals surface area contributed by atoms with Gasteiger partial charge in [-0.15, -0.1) is 0 Å². The standard InChI is InChI=1S/C21H18N2O8S/c24-21(25)15-9-11-16(12-10-15)30-13-14-31-19-7-3-1-5-17(19)22-32(28,29)20-8-4-2-6-18(20)23(26)27/h1-12,22H,13-14H2,(H,24,25). The number of hydrogen-bond acceptors (Lipinski definition) is 7. The van der Waals surface area contributed by atoms with Crippen LogP contribution in [0, 0.1) is 10.1 Å². The van der Waals surface area contributed by atoms with Gasteiger partial charge in [0.25, 0.3) is 15.7 Å². The highest BCUT2D eigenvalue weighted by Crippen LogP contribution is 2.29. The van der Waals surface area contributed by atoms with E-state index in [1.54, 1.807) is 18.2 Å². The second-order valence-corrected chi connectivity index (χ2v) is 8.00. The van der Waals surface area contributed by atoms with E-state index in [4.69, 9.17) is 14.6 Å². The number of nitrogens with zero attached hydrogens (tertiary/aromatic N) is 1. The zero-order valence-corrected chi connectivity index (χ0v) is 17.3. The minimum Gasteiger partial charge on any atom is -0.490 e. The maximum Gasteiger partial charge on any atom is 0.335 e. The Labute approximate surface area is 183 Å². The first-order valence-electron chi connectivity index (χ1n) is 9.22. The van der Waals surface area contributed by atoms with E-state index < -0.39 is 31.5 Å². The lowest BCUT2D eigenvalue weighted by Gasteiger charge is -2.14. The van der Waals surface area contributed by atoms with Crippen LogP contribution in [0.3, 0.4) is 0 Å². The fourth-order valence-corrected chi connectivity index (χ4v) is 3.96. The lowest BCUT2D eigenvalue weighted by Crippen LogP contribution is -2.16. The highest BCUT2D eigenvalue weighted by Gasteiger charge is 2.26. The molecule has 0 atom stereocenters. The molecule has 0 saturated heterocycles. The smallest absolute Gasteiger partial charge is 0.335 e. The Morgan fingerprint density at radius 2 is 1.56 bits per heavy atom. The molecule has 3 aromatic carbocycles. The lowest BCUT2D eigenvalue weighted by atomic mass is 10.2. The van der Waals surface area contributed by atoms with Crippen LogP contribution < -0.4 is 14.2 Å². The number of nitrogens with one attached hydrogen (secondary N) is 1. The van der Waals surface area contributed by atoms with Crippen molar-refractivity contribution in [1.82, 2.24) is 0 Å². The number of carboxylic acids is 1. The van der Waals surface area contributed by atoms with Gasteiger partial charge in [-0.1, -0.05) is 24.3 Å². The van der Waals surface area contributed by atoms with Gasteiger partial charge in [-0.05, 0) is 42.5 Å². The summed E-state index contributed by atoms with van der Waals surface area (Å²) in [6, 6.07) is 17.1. The van der Waals surface area contributed by atoms with Gasteiger partial charge in [0.05, 0.1) is 16.2 Å². The van der Waals surface area contributed by atoms with Crippen LogP contribution in [-0.4, -0.2) is 37.6 Å². The van der Waals surface area contributed by atoms with E-state index >= 15 is 0 Å². The normalized spacial score (nSPS) is 10.9. The lowest BCUT2D eigenvalue weighted by molar-refractivity contribution is -0.387. The van der Waals surface area contributed by atoms with E-state index in [1.807, 2.05) is 0 Å². The van der Waals surface area contributed by atoms with Gasteiger partial charge in [0.15, 0.2) is 4.90 Å². The molecule has 166 valence electrons. The Hall–Kier alpha value is -4.12. The molecule has 32 heavy (non-hydrogen) atoms. The van der Waals surface area contributed by atoms with Crippen LogP contribution in [0.2, 0.25) is 0 Å². The maximum atomic E-state index is 12.7. The minimum atomic E-state index is -4.25. The van der Waals surface area contributed by atoms with Gasteiger partial charge in [0.2, 0.25) is 0 Å². The SMILES string of the molecule is O=C(O)c1ccc(OCCOc2ccccc2NS(=O)(=O)c2ccccc2[N+](=O)[O-])cc1. The van der Waals surface area contributed by atoms with Crippen LogP contribution in [0.15, 0.2) is 77.7 Å². The van der Waals surface area contributed by atoms with Gasteiger partial charge in [-0.3, -0.25) is 14.8 Å². The van der Waals surface area contributed by atoms with Crippen molar-refractivity contribution >= 4 is 27.4 Å². The number of sulfonamides is 1. The average molecular weight is 458 g/mol. The number of para-hydroxylation sites is 3. The molecule has 0 bridgehead atoms. The number of carbonyl (C=O) groups is 1. The number of anilines is 1. The van der Waals surface area contributed by atoms with Crippen molar-refractivity contribution in [2.45, 2.75) is 4.90 Å². The number of nitro benzene ring substituents is 1. The number of ether oxygens (including phenoxy) is 2. The molecule has 0 radical (unpaired) electrons. The zero-order valence-electron chi connectivity index (χ0n) is 16.5. The molecule has 11 heteroatoms. The van der Waals surface area contributed by atoms with Crippen molar-refractivity contribution < 1.29 is 32.7 Å². The summed E-state index contributed by atoms with van der Waals surface area (Å²) in [5, 5.41) is 20.1. The molecular formula is C21H18N2O8S. The quantitative estimate of drug-likeness (QED) is 0.266. The third-order valence-corrected chi connectivity index (χ3v) is 5.61. The molecule has 0 amide bonds. The Morgan fingerprint density at radius 3 is 2.25 bits per heavy atom. The average Bonchev–Trinajstić information content (AvgIpc) is 2.78. The fourth-order valence-electron chi connectivity index (χ4n) is 2.72. The first kappa shape index (κ1) is 22.6. The van der Waals surface area contributed by atoms with Crippen LogP contribution in [-0.2, 0) is 10.0 Å². The molecule has 0 spiro atoms. The van der Waals surface area contributed by atoms with E-state index in [9.17, 15) is 23.3 Å². The van der Waals surface area contributed by atoms with E-state index in [2.05, 4.69) is 4.72 Å². The van der Waals surface area contributed by atoms with E-state index in [1.165, 1.54) is 42.5 Å². The summed E-state index contributed by atoms with van der Waals surface area (Å²) < 4.78 is 38.9. The largest absolute Gasteiger partial charge is 0.490 e. The predicted molar refractivity (Wildman–Crippen MR) is 115 cm³/mol. The van der Waals surface area contributed by atoms with Crippen molar-refractivity contribution in [2.75, 3.05) is 17.9 Å². The summed E-state index contributed by atoms with van der Waals surface area (Å²) in [6.45, 7) is 0.169. The van der Waals surface area contributed by atoms with Crippen molar-refractivity contribution in [3.8, 4) is 11.5 Å². The highest BCUT2D eigenvalue weighted by molar-refractivity contribution is 7.92. The van der Waals surface area contributed by atoms with Crippen LogP contribution in [0.25, 0.3) is 0 Å². The summed E-state index contributed by atoms with van der Waals surface area (Å²) in [7, 11) is -4.25. The molecular weight excluding hydrogens is 440 g/mol. The Balaban J connectivity index is 1.66. The first-order chi connectivity index (χ1) is 15.3. The molecule has 0 aliphatic carbocycles. The van der Waals surface area contributed by atoms with Gasteiger partial charge >= 0.3 is 5.97 Å². The molecule has 0 aliphatic rings. The Bertz CT molecular complexity index is 1230. The summed E-state index contributed by atoms with van der Waals surface area (Å²) in [5.41, 5.74) is -0.300. The van der Waals surface area contributed by atoms with Gasteiger partial charge in [-0.25, -0.2) is 13.2 Å². The van der Waals surface area contributed by atoms with Crippen LogP contribution in [0.1, 0.15) is 10.4 Å². The maximum absolute atomic E-state index is 12.7. The number of hydrogen-bond donors (Lipinski definition) is 2. The number of carboxylic acid groups (broad SMARTS) is 1. The van der Waals surface area contributed by atoms with Gasteiger partial charge in [0.1, 0.15) is 24.7 Å². The second kappa shape index (κ2) is 9.79. The third kappa shape index (κ3) is 5.52. The number of rotatable bonds is 10. The van der Waals surface area contributed by atoms with Crippen LogP contribution in [0.5, 0.6) is 11.5 Å². The highest BCUT2D eigenvalue weighted by atomic mass is 32.2. The van der Waals surface area contributed by atoms with Gasteiger partial charge in [-0.2, -0.15) is 0 Å². The summed E-state index contributed by atoms with van der Waals surface area (Å²) in [4.78, 5) is 20.8. The van der Waals surface area contributed by atoms with E-state index in [0.717, 1.165) is 12.1 Å². The topological polar surface area (TPSA) is 145 Å². The minimum absolute atomic E-state index is 0.0604. The predicted octanol–water partition coefficient (Wildman–Crippen LogP) is 3.55. The molecule has 0 saturated carbocycles. The van der Waals surface area contributed by atoms with E-state index in [0.29, 0.717) is 5.75 Å².